The number of hydrogen-bond donors (Lipinski definition) is 0. The molecule has 0 unspecified atom stereocenters. The maximum atomic E-state index is 13.0. The monoisotopic (exact) mass is 301 g/mol. The predicted octanol–water partition coefficient (Wildman–Crippen LogP) is 4.15. The van der Waals surface area contributed by atoms with Gasteiger partial charge in [-0.1, -0.05) is 36.4 Å². The van der Waals surface area contributed by atoms with Crippen LogP contribution < -0.4 is 10.3 Å². The molecule has 3 aromatic carbocycles. The van der Waals surface area contributed by atoms with E-state index in [9.17, 15) is 4.79 Å². The molecule has 3 heteroatoms. The minimum absolute atomic E-state index is 0.00975. The molecule has 23 heavy (non-hydrogen) atoms. The second-order valence-electron chi connectivity index (χ2n) is 5.40. The molecule has 0 aliphatic heterocycles. The smallest absolute Gasteiger partial charge is 0.263 e. The van der Waals surface area contributed by atoms with Gasteiger partial charge in [0.05, 0.1) is 12.6 Å². The van der Waals surface area contributed by atoms with Crippen LogP contribution in [0.15, 0.2) is 77.6 Å². The van der Waals surface area contributed by atoms with Crippen LogP contribution in [0.2, 0.25) is 0 Å². The number of rotatable bonds is 2. The summed E-state index contributed by atoms with van der Waals surface area (Å²) in [4.78, 5) is 13.0. The van der Waals surface area contributed by atoms with Gasteiger partial charge in [0, 0.05) is 16.5 Å². The Balaban J connectivity index is 2.24. The lowest BCUT2D eigenvalue weighted by molar-refractivity contribution is 0.415. The number of pyridine rings is 1. The van der Waals surface area contributed by atoms with Gasteiger partial charge >= 0.3 is 0 Å². The summed E-state index contributed by atoms with van der Waals surface area (Å²) in [6.07, 6.45) is 0. The van der Waals surface area contributed by atoms with Gasteiger partial charge in [-0.15, -0.1) is 0 Å². The first-order chi connectivity index (χ1) is 11.3. The summed E-state index contributed by atoms with van der Waals surface area (Å²) in [5.41, 5.74) is 1.73. The highest BCUT2D eigenvalue weighted by Crippen LogP contribution is 2.28. The molecule has 0 bridgehead atoms. The largest absolute Gasteiger partial charge is 0.497 e. The van der Waals surface area contributed by atoms with Crippen molar-refractivity contribution in [2.45, 2.75) is 0 Å². The van der Waals surface area contributed by atoms with Crippen LogP contribution in [0, 0.1) is 0 Å². The SMILES string of the molecule is COc1ccc2c(c1)c1ccccc1c(=O)n2-c1ccccc1. The molecule has 0 spiro atoms. The molecule has 1 aromatic heterocycles. The Morgan fingerprint density at radius 1 is 0.783 bits per heavy atom. The number of nitrogens with zero attached hydrogens (tertiary/aromatic N) is 1. The fourth-order valence-electron chi connectivity index (χ4n) is 3.02. The van der Waals surface area contributed by atoms with Crippen molar-refractivity contribution in [3.63, 3.8) is 0 Å². The summed E-state index contributed by atoms with van der Waals surface area (Å²) >= 11 is 0. The van der Waals surface area contributed by atoms with Gasteiger partial charge < -0.3 is 4.74 Å². The third-order valence-corrected chi connectivity index (χ3v) is 4.11. The molecule has 0 amide bonds. The number of aromatic nitrogens is 1. The molecular formula is C20H15NO2. The van der Waals surface area contributed by atoms with E-state index >= 15 is 0 Å². The Labute approximate surface area is 133 Å². The highest BCUT2D eigenvalue weighted by atomic mass is 16.5. The van der Waals surface area contributed by atoms with E-state index in [1.54, 1.807) is 11.7 Å². The zero-order valence-electron chi connectivity index (χ0n) is 12.7. The van der Waals surface area contributed by atoms with Crippen molar-refractivity contribution in [3.05, 3.63) is 83.2 Å². The summed E-state index contributed by atoms with van der Waals surface area (Å²) in [6.45, 7) is 0. The molecule has 0 radical (unpaired) electrons. The molecule has 0 fully saturated rings. The number of fused-ring (bicyclic) bond motifs is 3. The van der Waals surface area contributed by atoms with E-state index in [2.05, 4.69) is 0 Å². The van der Waals surface area contributed by atoms with E-state index in [-0.39, 0.29) is 5.56 Å². The van der Waals surface area contributed by atoms with Crippen LogP contribution in [-0.2, 0) is 0 Å². The Morgan fingerprint density at radius 3 is 2.22 bits per heavy atom. The van der Waals surface area contributed by atoms with Gasteiger partial charge in [-0.25, -0.2) is 0 Å². The van der Waals surface area contributed by atoms with Crippen molar-refractivity contribution in [1.29, 1.82) is 0 Å². The van der Waals surface area contributed by atoms with E-state index in [0.29, 0.717) is 5.39 Å². The van der Waals surface area contributed by atoms with Gasteiger partial charge in [-0.2, -0.15) is 0 Å². The zero-order chi connectivity index (χ0) is 15.8. The molecule has 0 aliphatic carbocycles. The third-order valence-electron chi connectivity index (χ3n) is 4.11. The highest BCUT2D eigenvalue weighted by Gasteiger charge is 2.12. The van der Waals surface area contributed by atoms with E-state index < -0.39 is 0 Å². The highest BCUT2D eigenvalue weighted by molar-refractivity contribution is 6.06. The average molecular weight is 301 g/mol. The molecule has 1 heterocycles. The van der Waals surface area contributed by atoms with Crippen molar-refractivity contribution in [3.8, 4) is 11.4 Å². The Bertz CT molecular complexity index is 1070. The first-order valence-corrected chi connectivity index (χ1v) is 7.46. The fourth-order valence-corrected chi connectivity index (χ4v) is 3.02. The minimum atomic E-state index is -0.00975. The van der Waals surface area contributed by atoms with Gasteiger partial charge in [-0.05, 0) is 41.8 Å². The van der Waals surface area contributed by atoms with Gasteiger partial charge in [-0.3, -0.25) is 9.36 Å². The van der Waals surface area contributed by atoms with Crippen LogP contribution in [0.3, 0.4) is 0 Å². The van der Waals surface area contributed by atoms with Crippen LogP contribution in [0.4, 0.5) is 0 Å². The molecule has 0 saturated heterocycles. The summed E-state index contributed by atoms with van der Waals surface area (Å²) in [5, 5.41) is 2.65. The first-order valence-electron chi connectivity index (χ1n) is 7.46. The van der Waals surface area contributed by atoms with Gasteiger partial charge in [0.25, 0.3) is 5.56 Å². The normalized spacial score (nSPS) is 11.0. The van der Waals surface area contributed by atoms with Crippen LogP contribution in [0.5, 0.6) is 5.75 Å². The number of hydrogen-bond acceptors (Lipinski definition) is 2. The molecule has 4 rings (SSSR count). The van der Waals surface area contributed by atoms with Gasteiger partial charge in [0.15, 0.2) is 0 Å². The van der Waals surface area contributed by atoms with Crippen LogP contribution in [-0.4, -0.2) is 11.7 Å². The molecule has 0 N–H and O–H groups in total. The second-order valence-corrected chi connectivity index (χ2v) is 5.40. The lowest BCUT2D eigenvalue weighted by Crippen LogP contribution is -2.19. The van der Waals surface area contributed by atoms with Crippen LogP contribution in [0.25, 0.3) is 27.4 Å². The number of ether oxygens (including phenoxy) is 1. The number of methoxy groups -OCH3 is 1. The van der Waals surface area contributed by atoms with Crippen molar-refractivity contribution < 1.29 is 4.74 Å². The molecule has 112 valence electrons. The fraction of sp³-hybridized carbons (Fsp3) is 0.0500. The Morgan fingerprint density at radius 2 is 1.48 bits per heavy atom. The molecule has 4 aromatic rings. The standard InChI is InChI=1S/C20H15NO2/c1-23-15-11-12-19-18(13-15)16-9-5-6-10-17(16)20(22)21(19)14-7-3-2-4-8-14/h2-13H,1H3. The minimum Gasteiger partial charge on any atom is -0.497 e. The van der Waals surface area contributed by atoms with E-state index in [0.717, 1.165) is 27.7 Å². The topological polar surface area (TPSA) is 31.2 Å². The van der Waals surface area contributed by atoms with Gasteiger partial charge in [0.2, 0.25) is 0 Å². The number of benzene rings is 3. The Kier molecular flexibility index (Phi) is 3.12. The molecular weight excluding hydrogens is 286 g/mol. The third kappa shape index (κ3) is 2.09. The molecule has 0 atom stereocenters. The summed E-state index contributed by atoms with van der Waals surface area (Å²) in [7, 11) is 1.65. The maximum absolute atomic E-state index is 13.0. The first kappa shape index (κ1) is 13.6. The van der Waals surface area contributed by atoms with Crippen molar-refractivity contribution >= 4 is 21.7 Å². The maximum Gasteiger partial charge on any atom is 0.263 e. The van der Waals surface area contributed by atoms with Crippen molar-refractivity contribution in [2.75, 3.05) is 7.11 Å². The summed E-state index contributed by atoms with van der Waals surface area (Å²) < 4.78 is 7.12. The van der Waals surface area contributed by atoms with Gasteiger partial charge in [0.1, 0.15) is 5.75 Å². The second kappa shape index (κ2) is 5.29. The van der Waals surface area contributed by atoms with Crippen LogP contribution >= 0.6 is 0 Å². The van der Waals surface area contributed by atoms with Crippen molar-refractivity contribution in [2.24, 2.45) is 0 Å². The zero-order valence-corrected chi connectivity index (χ0v) is 12.7. The quantitative estimate of drug-likeness (QED) is 0.521. The summed E-state index contributed by atoms with van der Waals surface area (Å²) in [5.74, 6) is 0.779. The lowest BCUT2D eigenvalue weighted by atomic mass is 10.1. The lowest BCUT2D eigenvalue weighted by Gasteiger charge is -2.14. The predicted molar refractivity (Wildman–Crippen MR) is 93.6 cm³/mol. The van der Waals surface area contributed by atoms with Crippen LogP contribution in [0.1, 0.15) is 0 Å². The van der Waals surface area contributed by atoms with E-state index in [1.807, 2.05) is 72.8 Å². The molecule has 0 saturated carbocycles. The summed E-state index contributed by atoms with van der Waals surface area (Å²) in [6, 6.07) is 23.2. The van der Waals surface area contributed by atoms with Crippen molar-refractivity contribution in [1.82, 2.24) is 4.57 Å². The van der Waals surface area contributed by atoms with E-state index in [1.165, 1.54) is 0 Å². The Hall–Kier alpha value is -3.07. The average Bonchev–Trinajstić information content (AvgIpc) is 2.63. The number of para-hydroxylation sites is 1. The molecule has 3 nitrogen and oxygen atoms in total. The van der Waals surface area contributed by atoms with E-state index in [4.69, 9.17) is 4.74 Å². The molecule has 0 aliphatic rings.